The van der Waals surface area contributed by atoms with Crippen molar-refractivity contribution in [3.63, 3.8) is 0 Å². The minimum Gasteiger partial charge on any atom is -0.481 e. The number of hydrogen-bond acceptors (Lipinski definition) is 3. The second-order valence-corrected chi connectivity index (χ2v) is 5.62. The van der Waals surface area contributed by atoms with E-state index in [-0.39, 0.29) is 11.7 Å². The Bertz CT molecular complexity index is 516. The summed E-state index contributed by atoms with van der Waals surface area (Å²) in [5, 5.41) is 0. The molecule has 0 amide bonds. The van der Waals surface area contributed by atoms with Crippen LogP contribution in [0.1, 0.15) is 45.1 Å². The maximum atomic E-state index is 12.5. The van der Waals surface area contributed by atoms with E-state index >= 15 is 0 Å². The van der Waals surface area contributed by atoms with Gasteiger partial charge in [-0.3, -0.25) is 4.79 Å². The molecule has 3 nitrogen and oxygen atoms in total. The molecule has 0 N–H and O–H groups in total. The van der Waals surface area contributed by atoms with Crippen molar-refractivity contribution in [3.8, 4) is 5.75 Å². The van der Waals surface area contributed by atoms with Crippen LogP contribution in [0, 0.1) is 0 Å². The monoisotopic (exact) mass is 316 g/mol. The summed E-state index contributed by atoms with van der Waals surface area (Å²) in [6.45, 7) is 2.33. The molecule has 1 unspecified atom stereocenters. The highest BCUT2D eigenvalue weighted by Crippen LogP contribution is 2.42. The van der Waals surface area contributed by atoms with Gasteiger partial charge in [0.1, 0.15) is 11.4 Å². The third-order valence-corrected chi connectivity index (χ3v) is 3.90. The molecule has 22 heavy (non-hydrogen) atoms. The van der Waals surface area contributed by atoms with Crippen LogP contribution in [0.5, 0.6) is 5.75 Å². The first-order valence-corrected chi connectivity index (χ1v) is 7.26. The van der Waals surface area contributed by atoms with Crippen molar-refractivity contribution < 1.29 is 27.4 Å². The molecule has 0 heterocycles. The number of rotatable bonds is 4. The molecular weight excluding hydrogens is 297 g/mol. The van der Waals surface area contributed by atoms with Crippen LogP contribution in [-0.4, -0.2) is 18.2 Å². The number of esters is 1. The minimum atomic E-state index is -4.40. The molecule has 122 valence electrons. The van der Waals surface area contributed by atoms with E-state index in [1.165, 1.54) is 19.1 Å². The van der Waals surface area contributed by atoms with Crippen molar-refractivity contribution >= 4 is 5.97 Å². The Labute approximate surface area is 127 Å². The van der Waals surface area contributed by atoms with E-state index in [9.17, 15) is 18.0 Å². The van der Waals surface area contributed by atoms with E-state index in [4.69, 9.17) is 9.47 Å². The number of halogens is 3. The molecule has 1 aliphatic rings. The van der Waals surface area contributed by atoms with Crippen molar-refractivity contribution in [2.75, 3.05) is 0 Å². The molecule has 1 atom stereocenters. The molecular formula is C16H19F3O3. The van der Waals surface area contributed by atoms with Gasteiger partial charge in [0.05, 0.1) is 0 Å². The second-order valence-electron chi connectivity index (χ2n) is 5.62. The zero-order chi connectivity index (χ0) is 16.4. The molecule has 0 aromatic heterocycles. The van der Waals surface area contributed by atoms with E-state index in [0.717, 1.165) is 38.2 Å². The van der Waals surface area contributed by atoms with Crippen LogP contribution in [0.3, 0.4) is 0 Å². The Morgan fingerprint density at radius 3 is 2.18 bits per heavy atom. The van der Waals surface area contributed by atoms with Crippen LogP contribution in [-0.2, 0) is 15.1 Å². The average molecular weight is 316 g/mol. The molecule has 1 saturated carbocycles. The second kappa shape index (κ2) is 6.18. The van der Waals surface area contributed by atoms with Crippen LogP contribution < -0.4 is 4.74 Å². The number of carbonyl (C=O) groups is 1. The van der Waals surface area contributed by atoms with Gasteiger partial charge in [-0.15, -0.1) is 0 Å². The zero-order valence-electron chi connectivity index (χ0n) is 12.6. The van der Waals surface area contributed by atoms with Crippen molar-refractivity contribution in [2.24, 2.45) is 0 Å². The molecule has 2 rings (SSSR count). The standard InChI is InChI=1S/C16H19F3O3/c1-11(16(17,18)19)21-14-7-5-13(6-8-14)15(22-12(2)20)9-3-4-10-15/h5-8,11H,3-4,9-10H2,1-2H3. The van der Waals surface area contributed by atoms with E-state index in [2.05, 4.69) is 0 Å². The van der Waals surface area contributed by atoms with Gasteiger partial charge in [0, 0.05) is 6.92 Å². The summed E-state index contributed by atoms with van der Waals surface area (Å²) in [4.78, 5) is 11.3. The first-order chi connectivity index (χ1) is 10.2. The molecule has 0 bridgehead atoms. The predicted molar refractivity (Wildman–Crippen MR) is 74.5 cm³/mol. The highest BCUT2D eigenvalue weighted by atomic mass is 19.4. The van der Waals surface area contributed by atoms with Gasteiger partial charge in [-0.05, 0) is 50.3 Å². The van der Waals surface area contributed by atoms with Crippen LogP contribution in [0.2, 0.25) is 0 Å². The number of carbonyl (C=O) groups excluding carboxylic acids is 1. The average Bonchev–Trinajstić information content (AvgIpc) is 2.87. The highest BCUT2D eigenvalue weighted by molar-refractivity contribution is 5.67. The van der Waals surface area contributed by atoms with E-state index < -0.39 is 17.9 Å². The quantitative estimate of drug-likeness (QED) is 0.775. The van der Waals surface area contributed by atoms with Crippen molar-refractivity contribution in [2.45, 2.75) is 57.4 Å². The van der Waals surface area contributed by atoms with E-state index in [0.29, 0.717) is 0 Å². The number of benzene rings is 1. The van der Waals surface area contributed by atoms with Gasteiger partial charge >= 0.3 is 12.1 Å². The number of alkyl halides is 3. The van der Waals surface area contributed by atoms with Gasteiger partial charge in [0.2, 0.25) is 0 Å². The Hall–Kier alpha value is -1.72. The van der Waals surface area contributed by atoms with Crippen molar-refractivity contribution in [1.82, 2.24) is 0 Å². The fourth-order valence-corrected chi connectivity index (χ4v) is 2.78. The zero-order valence-corrected chi connectivity index (χ0v) is 12.6. The van der Waals surface area contributed by atoms with Crippen molar-refractivity contribution in [3.05, 3.63) is 29.8 Å². The maximum absolute atomic E-state index is 12.5. The fourth-order valence-electron chi connectivity index (χ4n) is 2.78. The highest BCUT2D eigenvalue weighted by Gasteiger charge is 2.40. The molecule has 6 heteroatoms. The van der Waals surface area contributed by atoms with Crippen molar-refractivity contribution in [1.29, 1.82) is 0 Å². The van der Waals surface area contributed by atoms with Gasteiger partial charge in [-0.2, -0.15) is 13.2 Å². The number of hydrogen-bond donors (Lipinski definition) is 0. The first kappa shape index (κ1) is 16.6. The summed E-state index contributed by atoms with van der Waals surface area (Å²) in [5.41, 5.74) is 0.146. The molecule has 0 spiro atoms. The molecule has 0 saturated heterocycles. The summed E-state index contributed by atoms with van der Waals surface area (Å²) >= 11 is 0. The van der Waals surface area contributed by atoms with Crippen LogP contribution >= 0.6 is 0 Å². The van der Waals surface area contributed by atoms with Crippen LogP contribution in [0.15, 0.2) is 24.3 Å². The summed E-state index contributed by atoms with van der Waals surface area (Å²) in [6, 6.07) is 6.32. The fraction of sp³-hybridized carbons (Fsp3) is 0.562. The minimum absolute atomic E-state index is 0.143. The Morgan fingerprint density at radius 1 is 1.18 bits per heavy atom. The Morgan fingerprint density at radius 2 is 1.73 bits per heavy atom. The van der Waals surface area contributed by atoms with E-state index in [1.807, 2.05) is 0 Å². The summed E-state index contributed by atoms with van der Waals surface area (Å²) in [5.74, 6) is -0.211. The molecule has 1 fully saturated rings. The third kappa shape index (κ3) is 3.72. The lowest BCUT2D eigenvalue weighted by Crippen LogP contribution is -2.31. The SMILES string of the molecule is CC(=O)OC1(c2ccc(OC(C)C(F)(F)F)cc2)CCCC1. The van der Waals surface area contributed by atoms with Crippen LogP contribution in [0.25, 0.3) is 0 Å². The first-order valence-electron chi connectivity index (χ1n) is 7.26. The normalized spacial score (nSPS) is 18.8. The summed E-state index contributed by atoms with van der Waals surface area (Å²) in [7, 11) is 0. The smallest absolute Gasteiger partial charge is 0.425 e. The van der Waals surface area contributed by atoms with Gasteiger partial charge in [-0.1, -0.05) is 12.1 Å². The molecule has 1 aromatic carbocycles. The predicted octanol–water partition coefficient (Wildman–Crippen LogP) is 4.35. The molecule has 1 aromatic rings. The molecule has 1 aliphatic carbocycles. The topological polar surface area (TPSA) is 35.5 Å². The number of ether oxygens (including phenoxy) is 2. The van der Waals surface area contributed by atoms with Crippen LogP contribution in [0.4, 0.5) is 13.2 Å². The van der Waals surface area contributed by atoms with Gasteiger partial charge in [0.15, 0.2) is 6.10 Å². The third-order valence-electron chi connectivity index (χ3n) is 3.90. The van der Waals surface area contributed by atoms with Gasteiger partial charge < -0.3 is 9.47 Å². The summed E-state index contributed by atoms with van der Waals surface area (Å²) < 4.78 is 47.8. The van der Waals surface area contributed by atoms with E-state index in [1.54, 1.807) is 12.1 Å². The Kier molecular flexibility index (Phi) is 4.68. The maximum Gasteiger partial charge on any atom is 0.425 e. The Balaban J connectivity index is 2.15. The summed E-state index contributed by atoms with van der Waals surface area (Å²) in [6.07, 6.45) is -2.90. The van der Waals surface area contributed by atoms with Gasteiger partial charge in [0.25, 0.3) is 0 Å². The lowest BCUT2D eigenvalue weighted by atomic mass is 9.92. The molecule has 0 radical (unpaired) electrons. The lowest BCUT2D eigenvalue weighted by Gasteiger charge is -2.29. The van der Waals surface area contributed by atoms with Gasteiger partial charge in [-0.25, -0.2) is 0 Å². The molecule has 0 aliphatic heterocycles. The lowest BCUT2D eigenvalue weighted by molar-refractivity contribution is -0.189. The largest absolute Gasteiger partial charge is 0.481 e.